The Morgan fingerprint density at radius 3 is 2.42 bits per heavy atom. The van der Waals surface area contributed by atoms with Crippen molar-refractivity contribution in [2.45, 2.75) is 31.1 Å². The minimum atomic E-state index is -3.71. The minimum absolute atomic E-state index is 0.0123. The second kappa shape index (κ2) is 8.82. The lowest BCUT2D eigenvalue weighted by Gasteiger charge is -2.26. The Kier molecular flexibility index (Phi) is 6.13. The highest BCUT2D eigenvalue weighted by Gasteiger charge is 2.28. The van der Waals surface area contributed by atoms with E-state index in [2.05, 4.69) is 10.4 Å². The maximum absolute atomic E-state index is 13.0. The van der Waals surface area contributed by atoms with E-state index in [0.717, 1.165) is 30.5 Å². The Morgan fingerprint density at radius 1 is 1.06 bits per heavy atom. The molecule has 0 bridgehead atoms. The summed E-state index contributed by atoms with van der Waals surface area (Å²) in [5, 5.41) is 7.15. The Hall–Kier alpha value is -2.68. The van der Waals surface area contributed by atoms with Crippen molar-refractivity contribution in [1.82, 2.24) is 14.1 Å². The van der Waals surface area contributed by atoms with Crippen LogP contribution in [0.3, 0.4) is 0 Å². The monoisotopic (exact) mass is 458 g/mol. The first-order valence-corrected chi connectivity index (χ1v) is 11.9. The zero-order valence-corrected chi connectivity index (χ0v) is 18.7. The van der Waals surface area contributed by atoms with Crippen molar-refractivity contribution in [3.05, 3.63) is 71.0 Å². The van der Waals surface area contributed by atoms with Gasteiger partial charge in [-0.15, -0.1) is 0 Å². The Labute approximate surface area is 186 Å². The van der Waals surface area contributed by atoms with Crippen LogP contribution < -0.4 is 5.32 Å². The number of amides is 1. The van der Waals surface area contributed by atoms with Gasteiger partial charge in [0.15, 0.2) is 0 Å². The molecule has 9 heteroatoms. The molecule has 162 valence electrons. The van der Waals surface area contributed by atoms with E-state index in [1.165, 1.54) is 16.4 Å². The Morgan fingerprint density at radius 2 is 1.77 bits per heavy atom. The molecule has 0 atom stereocenters. The van der Waals surface area contributed by atoms with Gasteiger partial charge in [-0.1, -0.05) is 18.0 Å². The van der Waals surface area contributed by atoms with Gasteiger partial charge in [-0.2, -0.15) is 9.40 Å². The molecule has 7 nitrogen and oxygen atoms in total. The second-order valence-electron chi connectivity index (χ2n) is 7.57. The summed E-state index contributed by atoms with van der Waals surface area (Å²) in [4.78, 5) is 12.7. The molecule has 2 aromatic carbocycles. The number of nitrogens with one attached hydrogen (secondary N) is 1. The van der Waals surface area contributed by atoms with Gasteiger partial charge < -0.3 is 5.32 Å². The summed E-state index contributed by atoms with van der Waals surface area (Å²) in [5.74, 6) is -0.341. The standard InChI is InChI=1S/C22H23ClN4O3S/c1-16-14-24-27(15-16)19-8-5-17(6-9-19)22(28)25-18-7-10-20(23)21(13-18)31(29,30)26-11-3-2-4-12-26/h5-10,13-15H,2-4,11-12H2,1H3,(H,25,28). The molecular formula is C22H23ClN4O3S. The number of rotatable bonds is 5. The molecular weight excluding hydrogens is 436 g/mol. The predicted molar refractivity (Wildman–Crippen MR) is 120 cm³/mol. The molecule has 1 fully saturated rings. The summed E-state index contributed by atoms with van der Waals surface area (Å²) in [5.41, 5.74) is 2.70. The van der Waals surface area contributed by atoms with Gasteiger partial charge in [0.05, 0.1) is 16.9 Å². The molecule has 0 aliphatic carbocycles. The van der Waals surface area contributed by atoms with E-state index in [1.807, 2.05) is 13.1 Å². The number of anilines is 1. The van der Waals surface area contributed by atoms with Crippen LogP contribution in [0.25, 0.3) is 5.69 Å². The summed E-state index contributed by atoms with van der Waals surface area (Å²) in [6.07, 6.45) is 6.35. The zero-order valence-electron chi connectivity index (χ0n) is 17.1. The van der Waals surface area contributed by atoms with Gasteiger partial charge in [-0.25, -0.2) is 13.1 Å². The van der Waals surface area contributed by atoms with Gasteiger partial charge in [0.2, 0.25) is 10.0 Å². The first-order valence-electron chi connectivity index (χ1n) is 10.1. The number of aryl methyl sites for hydroxylation is 1. The van der Waals surface area contributed by atoms with Crippen molar-refractivity contribution in [2.75, 3.05) is 18.4 Å². The van der Waals surface area contributed by atoms with Crippen LogP contribution in [0, 0.1) is 6.92 Å². The molecule has 1 amide bonds. The van der Waals surface area contributed by atoms with Gasteiger partial charge in [0.1, 0.15) is 4.90 Å². The first kappa shape index (κ1) is 21.5. The number of benzene rings is 2. The topological polar surface area (TPSA) is 84.3 Å². The summed E-state index contributed by atoms with van der Waals surface area (Å²) in [7, 11) is -3.71. The smallest absolute Gasteiger partial charge is 0.255 e. The predicted octanol–water partition coefficient (Wildman–Crippen LogP) is 4.26. The lowest BCUT2D eigenvalue weighted by molar-refractivity contribution is 0.102. The molecule has 2 heterocycles. The second-order valence-corrected chi connectivity index (χ2v) is 9.89. The third-order valence-corrected chi connectivity index (χ3v) is 7.61. The number of aromatic nitrogens is 2. The van der Waals surface area contributed by atoms with E-state index in [0.29, 0.717) is 24.3 Å². The minimum Gasteiger partial charge on any atom is -0.322 e. The van der Waals surface area contributed by atoms with Crippen LogP contribution in [-0.4, -0.2) is 41.5 Å². The Balaban J connectivity index is 1.53. The summed E-state index contributed by atoms with van der Waals surface area (Å²) in [6.45, 7) is 2.92. The van der Waals surface area contributed by atoms with E-state index < -0.39 is 10.0 Å². The number of piperidine rings is 1. The lowest BCUT2D eigenvalue weighted by Crippen LogP contribution is -2.35. The highest BCUT2D eigenvalue weighted by molar-refractivity contribution is 7.89. The third-order valence-electron chi connectivity index (χ3n) is 5.23. The van der Waals surface area contributed by atoms with E-state index in [9.17, 15) is 13.2 Å². The van der Waals surface area contributed by atoms with Crippen molar-refractivity contribution in [3.8, 4) is 5.69 Å². The number of halogens is 1. The van der Waals surface area contributed by atoms with Crippen LogP contribution in [0.2, 0.25) is 5.02 Å². The van der Waals surface area contributed by atoms with E-state index in [1.54, 1.807) is 41.2 Å². The summed E-state index contributed by atoms with van der Waals surface area (Å²) >= 11 is 6.20. The molecule has 31 heavy (non-hydrogen) atoms. The summed E-state index contributed by atoms with van der Waals surface area (Å²) in [6, 6.07) is 11.5. The molecule has 0 unspecified atom stereocenters. The molecule has 0 saturated carbocycles. The Bertz CT molecular complexity index is 1200. The number of carbonyl (C=O) groups excluding carboxylic acids is 1. The van der Waals surface area contributed by atoms with Crippen molar-refractivity contribution >= 4 is 33.2 Å². The van der Waals surface area contributed by atoms with Gasteiger partial charge in [-0.3, -0.25) is 4.79 Å². The quantitative estimate of drug-likeness (QED) is 0.619. The normalized spacial score (nSPS) is 15.0. The average Bonchev–Trinajstić information content (AvgIpc) is 3.22. The number of hydrogen-bond donors (Lipinski definition) is 1. The van der Waals surface area contributed by atoms with Crippen molar-refractivity contribution in [2.24, 2.45) is 0 Å². The zero-order chi connectivity index (χ0) is 22.0. The van der Waals surface area contributed by atoms with Crippen molar-refractivity contribution in [3.63, 3.8) is 0 Å². The molecule has 1 aromatic heterocycles. The van der Waals surface area contributed by atoms with Crippen LogP contribution in [0.15, 0.2) is 59.8 Å². The van der Waals surface area contributed by atoms with Gasteiger partial charge in [0.25, 0.3) is 5.91 Å². The number of sulfonamides is 1. The van der Waals surface area contributed by atoms with Gasteiger partial charge >= 0.3 is 0 Å². The van der Waals surface area contributed by atoms with Crippen molar-refractivity contribution in [1.29, 1.82) is 0 Å². The number of nitrogens with zero attached hydrogens (tertiary/aromatic N) is 3. The van der Waals surface area contributed by atoms with Crippen LogP contribution in [-0.2, 0) is 10.0 Å². The fraction of sp³-hybridized carbons (Fsp3) is 0.273. The number of carbonyl (C=O) groups is 1. The third kappa shape index (κ3) is 4.66. The van der Waals surface area contributed by atoms with Crippen LogP contribution >= 0.6 is 11.6 Å². The molecule has 1 saturated heterocycles. The average molecular weight is 459 g/mol. The molecule has 0 radical (unpaired) electrons. The fourth-order valence-corrected chi connectivity index (χ4v) is 5.56. The van der Waals surface area contributed by atoms with Gasteiger partial charge in [-0.05, 0) is 67.8 Å². The SMILES string of the molecule is Cc1cnn(-c2ccc(C(=O)Nc3ccc(Cl)c(S(=O)(=O)N4CCCCC4)c3)cc2)c1. The highest BCUT2D eigenvalue weighted by atomic mass is 35.5. The lowest BCUT2D eigenvalue weighted by atomic mass is 10.2. The van der Waals surface area contributed by atoms with E-state index in [-0.39, 0.29) is 15.8 Å². The number of hydrogen-bond acceptors (Lipinski definition) is 4. The van der Waals surface area contributed by atoms with E-state index in [4.69, 9.17) is 11.6 Å². The molecule has 1 aliphatic rings. The fourth-order valence-electron chi connectivity index (χ4n) is 3.55. The van der Waals surface area contributed by atoms with Crippen LogP contribution in [0.4, 0.5) is 5.69 Å². The molecule has 1 aliphatic heterocycles. The van der Waals surface area contributed by atoms with Gasteiger partial charge in [0, 0.05) is 30.5 Å². The maximum Gasteiger partial charge on any atom is 0.255 e. The molecule has 4 rings (SSSR count). The van der Waals surface area contributed by atoms with Crippen LogP contribution in [0.5, 0.6) is 0 Å². The van der Waals surface area contributed by atoms with Crippen LogP contribution in [0.1, 0.15) is 35.2 Å². The van der Waals surface area contributed by atoms with Crippen molar-refractivity contribution < 1.29 is 13.2 Å². The summed E-state index contributed by atoms with van der Waals surface area (Å²) < 4.78 is 29.2. The molecule has 0 spiro atoms. The maximum atomic E-state index is 13.0. The first-order chi connectivity index (χ1) is 14.8. The largest absolute Gasteiger partial charge is 0.322 e. The van der Waals surface area contributed by atoms with E-state index >= 15 is 0 Å². The molecule has 1 N–H and O–H groups in total. The highest BCUT2D eigenvalue weighted by Crippen LogP contribution is 2.29. The molecule has 3 aromatic rings.